The van der Waals surface area contributed by atoms with E-state index in [0.717, 1.165) is 19.3 Å². The van der Waals surface area contributed by atoms with Gasteiger partial charge in [0.15, 0.2) is 0 Å². The monoisotopic (exact) mass is 271 g/mol. The minimum atomic E-state index is -0.274. The van der Waals surface area contributed by atoms with Crippen LogP contribution in [-0.4, -0.2) is 17.6 Å². The smallest absolute Gasteiger partial charge is 0.354 e. The summed E-state index contributed by atoms with van der Waals surface area (Å²) in [5, 5.41) is 0. The summed E-state index contributed by atoms with van der Waals surface area (Å²) in [5.41, 5.74) is 3.00. The summed E-state index contributed by atoms with van der Waals surface area (Å²) in [6, 6.07) is 14.1. The van der Waals surface area contributed by atoms with Gasteiger partial charge in [0.05, 0.1) is 7.11 Å². The molecule has 2 rings (SSSR count). The number of unbranched alkanes of at least 4 members (excludes halogenated alkanes) is 1. The third-order valence-corrected chi connectivity index (χ3v) is 3.44. The van der Waals surface area contributed by atoms with Crippen LogP contribution < -0.4 is 0 Å². The zero-order chi connectivity index (χ0) is 14.4. The Hall–Kier alpha value is -2.03. The molecule has 20 heavy (non-hydrogen) atoms. The Kier molecular flexibility index (Phi) is 4.99. The summed E-state index contributed by atoms with van der Waals surface area (Å²) < 4.78 is 6.94. The molecule has 0 aliphatic carbocycles. The third kappa shape index (κ3) is 3.29. The lowest BCUT2D eigenvalue weighted by atomic mass is 10.2. The molecule has 3 heteroatoms. The molecule has 1 aromatic carbocycles. The number of methoxy groups -OCH3 is 1. The molecule has 1 heterocycles. The second kappa shape index (κ2) is 6.94. The molecule has 0 amide bonds. The predicted octanol–water partition coefficient (Wildman–Crippen LogP) is 3.67. The molecule has 0 unspecified atom stereocenters. The van der Waals surface area contributed by atoms with Gasteiger partial charge in [-0.15, -0.1) is 0 Å². The molecule has 0 saturated heterocycles. The standard InChI is InChI=1S/C17H21NO2/c1-3-4-10-15-11-12-16(17(19)20-2)18(15)13-14-8-6-5-7-9-14/h5-9,11-12H,3-4,10,13H2,1-2H3. The van der Waals surface area contributed by atoms with Crippen LogP contribution >= 0.6 is 0 Å². The quantitative estimate of drug-likeness (QED) is 0.751. The number of rotatable bonds is 6. The third-order valence-electron chi connectivity index (χ3n) is 3.44. The number of carbonyl (C=O) groups is 1. The van der Waals surface area contributed by atoms with E-state index in [2.05, 4.69) is 23.6 Å². The molecule has 1 aromatic heterocycles. The van der Waals surface area contributed by atoms with E-state index in [1.807, 2.05) is 30.3 Å². The van der Waals surface area contributed by atoms with Gasteiger partial charge in [-0.1, -0.05) is 43.7 Å². The number of esters is 1. The second-order valence-corrected chi connectivity index (χ2v) is 4.88. The lowest BCUT2D eigenvalue weighted by Gasteiger charge is -2.12. The summed E-state index contributed by atoms with van der Waals surface area (Å²) in [6.07, 6.45) is 3.25. The lowest BCUT2D eigenvalue weighted by molar-refractivity contribution is 0.0588. The molecule has 0 N–H and O–H groups in total. The van der Waals surface area contributed by atoms with Crippen molar-refractivity contribution in [2.24, 2.45) is 0 Å². The van der Waals surface area contributed by atoms with Crippen LogP contribution in [0.3, 0.4) is 0 Å². The van der Waals surface area contributed by atoms with Crippen LogP contribution in [0.25, 0.3) is 0 Å². The zero-order valence-electron chi connectivity index (χ0n) is 12.1. The van der Waals surface area contributed by atoms with E-state index >= 15 is 0 Å². The number of aromatic nitrogens is 1. The van der Waals surface area contributed by atoms with Gasteiger partial charge in [-0.05, 0) is 30.5 Å². The number of aryl methyl sites for hydroxylation is 1. The maximum absolute atomic E-state index is 11.9. The van der Waals surface area contributed by atoms with Crippen LogP contribution in [0.2, 0.25) is 0 Å². The summed E-state index contributed by atoms with van der Waals surface area (Å²) in [5.74, 6) is -0.274. The molecule has 0 aliphatic rings. The molecule has 0 saturated carbocycles. The van der Waals surface area contributed by atoms with Crippen LogP contribution in [0.15, 0.2) is 42.5 Å². The Morgan fingerprint density at radius 2 is 1.90 bits per heavy atom. The van der Waals surface area contributed by atoms with Crippen molar-refractivity contribution in [2.45, 2.75) is 32.7 Å². The van der Waals surface area contributed by atoms with Gasteiger partial charge in [-0.3, -0.25) is 0 Å². The van der Waals surface area contributed by atoms with Gasteiger partial charge in [0.2, 0.25) is 0 Å². The maximum atomic E-state index is 11.9. The zero-order valence-corrected chi connectivity index (χ0v) is 12.1. The fourth-order valence-electron chi connectivity index (χ4n) is 2.32. The van der Waals surface area contributed by atoms with Gasteiger partial charge in [0, 0.05) is 12.2 Å². The Bertz CT molecular complexity index is 558. The van der Waals surface area contributed by atoms with E-state index in [9.17, 15) is 4.79 Å². The van der Waals surface area contributed by atoms with E-state index in [0.29, 0.717) is 12.2 Å². The van der Waals surface area contributed by atoms with Gasteiger partial charge in [-0.2, -0.15) is 0 Å². The predicted molar refractivity (Wildman–Crippen MR) is 79.9 cm³/mol. The molecule has 3 nitrogen and oxygen atoms in total. The molecule has 0 fully saturated rings. The average molecular weight is 271 g/mol. The molecular weight excluding hydrogens is 250 g/mol. The Morgan fingerprint density at radius 1 is 1.15 bits per heavy atom. The van der Waals surface area contributed by atoms with Gasteiger partial charge >= 0.3 is 5.97 Å². The minimum Gasteiger partial charge on any atom is -0.464 e. The number of ether oxygens (including phenoxy) is 1. The fraction of sp³-hybridized carbons (Fsp3) is 0.353. The van der Waals surface area contributed by atoms with Crippen molar-refractivity contribution in [2.75, 3.05) is 7.11 Å². The molecular formula is C17H21NO2. The molecule has 0 bridgehead atoms. The van der Waals surface area contributed by atoms with Crippen molar-refractivity contribution >= 4 is 5.97 Å². The molecule has 106 valence electrons. The highest BCUT2D eigenvalue weighted by atomic mass is 16.5. The topological polar surface area (TPSA) is 31.2 Å². The number of carbonyl (C=O) groups excluding carboxylic acids is 1. The van der Waals surface area contributed by atoms with Crippen LogP contribution in [0.1, 0.15) is 41.5 Å². The molecule has 2 aromatic rings. The first-order valence-electron chi connectivity index (χ1n) is 7.07. The average Bonchev–Trinajstić information content (AvgIpc) is 2.88. The highest BCUT2D eigenvalue weighted by Crippen LogP contribution is 2.16. The normalized spacial score (nSPS) is 10.5. The summed E-state index contributed by atoms with van der Waals surface area (Å²) in [4.78, 5) is 11.9. The van der Waals surface area contributed by atoms with Gasteiger partial charge < -0.3 is 9.30 Å². The van der Waals surface area contributed by atoms with Crippen molar-refractivity contribution < 1.29 is 9.53 Å². The van der Waals surface area contributed by atoms with E-state index in [4.69, 9.17) is 4.74 Å². The molecule has 0 radical (unpaired) electrons. The summed E-state index contributed by atoms with van der Waals surface area (Å²) >= 11 is 0. The van der Waals surface area contributed by atoms with E-state index in [1.165, 1.54) is 18.4 Å². The largest absolute Gasteiger partial charge is 0.464 e. The van der Waals surface area contributed by atoms with Crippen molar-refractivity contribution in [1.82, 2.24) is 4.57 Å². The number of benzene rings is 1. The van der Waals surface area contributed by atoms with Crippen molar-refractivity contribution in [3.8, 4) is 0 Å². The van der Waals surface area contributed by atoms with Gasteiger partial charge in [0.25, 0.3) is 0 Å². The SMILES string of the molecule is CCCCc1ccc(C(=O)OC)n1Cc1ccccc1. The van der Waals surface area contributed by atoms with E-state index in [-0.39, 0.29) is 5.97 Å². The fourth-order valence-corrected chi connectivity index (χ4v) is 2.32. The van der Waals surface area contributed by atoms with Crippen LogP contribution in [0.5, 0.6) is 0 Å². The summed E-state index contributed by atoms with van der Waals surface area (Å²) in [6.45, 7) is 2.88. The maximum Gasteiger partial charge on any atom is 0.354 e. The van der Waals surface area contributed by atoms with E-state index < -0.39 is 0 Å². The number of nitrogens with zero attached hydrogens (tertiary/aromatic N) is 1. The van der Waals surface area contributed by atoms with Gasteiger partial charge in [-0.25, -0.2) is 4.79 Å². The van der Waals surface area contributed by atoms with E-state index in [1.54, 1.807) is 0 Å². The van der Waals surface area contributed by atoms with Crippen molar-refractivity contribution in [3.63, 3.8) is 0 Å². The first-order valence-corrected chi connectivity index (χ1v) is 7.07. The molecule has 0 spiro atoms. The highest BCUT2D eigenvalue weighted by molar-refractivity contribution is 5.87. The Balaban J connectivity index is 2.30. The minimum absolute atomic E-state index is 0.274. The summed E-state index contributed by atoms with van der Waals surface area (Å²) in [7, 11) is 1.42. The van der Waals surface area contributed by atoms with Crippen LogP contribution in [0, 0.1) is 0 Å². The second-order valence-electron chi connectivity index (χ2n) is 4.88. The molecule has 0 atom stereocenters. The number of hydrogen-bond donors (Lipinski definition) is 0. The van der Waals surface area contributed by atoms with Crippen LogP contribution in [-0.2, 0) is 17.7 Å². The lowest BCUT2D eigenvalue weighted by Crippen LogP contribution is -2.13. The first kappa shape index (κ1) is 14.4. The Morgan fingerprint density at radius 3 is 2.55 bits per heavy atom. The van der Waals surface area contributed by atoms with Crippen molar-refractivity contribution in [1.29, 1.82) is 0 Å². The van der Waals surface area contributed by atoms with Crippen LogP contribution in [0.4, 0.5) is 0 Å². The highest BCUT2D eigenvalue weighted by Gasteiger charge is 2.15. The van der Waals surface area contributed by atoms with Crippen molar-refractivity contribution in [3.05, 3.63) is 59.4 Å². The number of hydrogen-bond acceptors (Lipinski definition) is 2. The Labute approximate surface area is 120 Å². The van der Waals surface area contributed by atoms with Gasteiger partial charge in [0.1, 0.15) is 5.69 Å². The molecule has 0 aliphatic heterocycles. The first-order chi connectivity index (χ1) is 9.76.